The first-order valence-electron chi connectivity index (χ1n) is 4.80. The molecule has 0 bridgehead atoms. The van der Waals surface area contributed by atoms with Crippen LogP contribution in [0.4, 0.5) is 0 Å². The van der Waals surface area contributed by atoms with Crippen LogP contribution in [-0.2, 0) is 11.3 Å². The van der Waals surface area contributed by atoms with E-state index in [0.29, 0.717) is 6.10 Å². The molecule has 1 aliphatic rings. The van der Waals surface area contributed by atoms with E-state index in [1.807, 2.05) is 0 Å². The van der Waals surface area contributed by atoms with Crippen LogP contribution in [0.2, 0.25) is 0 Å². The van der Waals surface area contributed by atoms with Gasteiger partial charge in [-0.3, -0.25) is 0 Å². The zero-order valence-corrected chi connectivity index (χ0v) is 9.61. The van der Waals surface area contributed by atoms with E-state index in [1.54, 1.807) is 11.3 Å². The van der Waals surface area contributed by atoms with E-state index in [9.17, 15) is 0 Å². The maximum absolute atomic E-state index is 5.51. The van der Waals surface area contributed by atoms with Gasteiger partial charge < -0.3 is 22.5 Å². The Bertz CT molecular complexity index is 234. The lowest BCUT2D eigenvalue weighted by Crippen LogP contribution is -3.00. The Morgan fingerprint density at radius 1 is 1.57 bits per heavy atom. The quantitative estimate of drug-likeness (QED) is 0.721. The Hall–Kier alpha value is -0.0900. The molecule has 0 amide bonds. The van der Waals surface area contributed by atoms with Crippen LogP contribution in [-0.4, -0.2) is 19.3 Å². The van der Waals surface area contributed by atoms with Crippen molar-refractivity contribution >= 4 is 11.3 Å². The van der Waals surface area contributed by atoms with Crippen molar-refractivity contribution in [2.45, 2.75) is 25.5 Å². The van der Waals surface area contributed by atoms with Gasteiger partial charge in [0, 0.05) is 24.6 Å². The molecule has 2 rings (SSSR count). The number of nitrogens with one attached hydrogen (secondary N) is 1. The zero-order valence-electron chi connectivity index (χ0n) is 8.04. The lowest BCUT2D eigenvalue weighted by molar-refractivity contribution is -0.00000391. The SMILES string of the molecule is [Cl-].c1csc(CNCC2CCCO2)c1. The first kappa shape index (κ1) is 12.0. The molecule has 1 aliphatic heterocycles. The normalized spacial score (nSPS) is 20.7. The van der Waals surface area contributed by atoms with Gasteiger partial charge >= 0.3 is 0 Å². The molecule has 0 spiro atoms. The second-order valence-electron chi connectivity index (χ2n) is 3.35. The van der Waals surface area contributed by atoms with Crippen LogP contribution in [0.3, 0.4) is 0 Å². The smallest absolute Gasteiger partial charge is 0.0700 e. The number of hydrogen-bond acceptors (Lipinski definition) is 3. The molecule has 1 aromatic heterocycles. The lowest BCUT2D eigenvalue weighted by Gasteiger charge is -2.09. The van der Waals surface area contributed by atoms with Gasteiger partial charge in [-0.2, -0.15) is 0 Å². The molecule has 0 aliphatic carbocycles. The third kappa shape index (κ3) is 3.58. The first-order valence-corrected chi connectivity index (χ1v) is 5.68. The predicted octanol–water partition coefficient (Wildman–Crippen LogP) is -0.979. The number of halogens is 1. The Labute approximate surface area is 95.1 Å². The zero-order chi connectivity index (χ0) is 8.93. The molecular formula is C10H15ClNOS-. The molecule has 0 radical (unpaired) electrons. The molecule has 1 fully saturated rings. The third-order valence-corrected chi connectivity index (χ3v) is 3.15. The topological polar surface area (TPSA) is 21.3 Å². The third-order valence-electron chi connectivity index (χ3n) is 2.28. The van der Waals surface area contributed by atoms with Crippen LogP contribution in [0.25, 0.3) is 0 Å². The van der Waals surface area contributed by atoms with Crippen LogP contribution >= 0.6 is 11.3 Å². The number of hydrogen-bond donors (Lipinski definition) is 1. The van der Waals surface area contributed by atoms with Crippen molar-refractivity contribution in [3.8, 4) is 0 Å². The summed E-state index contributed by atoms with van der Waals surface area (Å²) in [5.74, 6) is 0. The highest BCUT2D eigenvalue weighted by Gasteiger charge is 2.14. The molecule has 1 N–H and O–H groups in total. The minimum atomic E-state index is 0. The van der Waals surface area contributed by atoms with Gasteiger partial charge in [-0.1, -0.05) is 6.07 Å². The minimum absolute atomic E-state index is 0. The molecule has 4 heteroatoms. The van der Waals surface area contributed by atoms with Gasteiger partial charge in [-0.15, -0.1) is 11.3 Å². The average Bonchev–Trinajstić information content (AvgIpc) is 2.75. The molecule has 1 unspecified atom stereocenters. The Morgan fingerprint density at radius 3 is 3.14 bits per heavy atom. The lowest BCUT2D eigenvalue weighted by atomic mass is 10.2. The molecule has 0 aromatic carbocycles. The van der Waals surface area contributed by atoms with E-state index >= 15 is 0 Å². The maximum atomic E-state index is 5.51. The van der Waals surface area contributed by atoms with Gasteiger partial charge in [0.1, 0.15) is 0 Å². The number of rotatable bonds is 4. The minimum Gasteiger partial charge on any atom is -1.00 e. The van der Waals surface area contributed by atoms with Gasteiger partial charge in [0.25, 0.3) is 0 Å². The van der Waals surface area contributed by atoms with Crippen molar-refractivity contribution in [2.75, 3.05) is 13.2 Å². The molecule has 2 heterocycles. The van der Waals surface area contributed by atoms with Crippen molar-refractivity contribution < 1.29 is 17.1 Å². The largest absolute Gasteiger partial charge is 1.00 e. The molecule has 1 aromatic rings. The van der Waals surface area contributed by atoms with Crippen molar-refractivity contribution in [3.05, 3.63) is 22.4 Å². The Balaban J connectivity index is 0.000000980. The van der Waals surface area contributed by atoms with E-state index in [-0.39, 0.29) is 12.4 Å². The summed E-state index contributed by atoms with van der Waals surface area (Å²) in [5.41, 5.74) is 0. The monoisotopic (exact) mass is 232 g/mol. The van der Waals surface area contributed by atoms with Crippen molar-refractivity contribution in [1.82, 2.24) is 5.32 Å². The van der Waals surface area contributed by atoms with Gasteiger partial charge in [-0.25, -0.2) is 0 Å². The summed E-state index contributed by atoms with van der Waals surface area (Å²) in [6.45, 7) is 2.93. The number of ether oxygens (including phenoxy) is 1. The summed E-state index contributed by atoms with van der Waals surface area (Å²) in [4.78, 5) is 1.40. The predicted molar refractivity (Wildman–Crippen MR) is 55.0 cm³/mol. The summed E-state index contributed by atoms with van der Waals surface area (Å²) in [6.07, 6.45) is 2.91. The Kier molecular flexibility index (Phi) is 5.48. The van der Waals surface area contributed by atoms with E-state index in [4.69, 9.17) is 4.74 Å². The summed E-state index contributed by atoms with van der Waals surface area (Å²) in [6, 6.07) is 4.25. The second kappa shape index (κ2) is 6.40. The van der Waals surface area contributed by atoms with Gasteiger partial charge in [-0.05, 0) is 24.3 Å². The fourth-order valence-corrected chi connectivity index (χ4v) is 2.25. The van der Waals surface area contributed by atoms with Gasteiger partial charge in [0.05, 0.1) is 6.10 Å². The van der Waals surface area contributed by atoms with Gasteiger partial charge in [0.2, 0.25) is 0 Å². The van der Waals surface area contributed by atoms with Crippen LogP contribution in [0.5, 0.6) is 0 Å². The molecule has 0 saturated carbocycles. The standard InChI is InChI=1S/C10H15NOS.ClH/c1-3-9(12-5-1)7-11-8-10-4-2-6-13-10;/h2,4,6,9,11H,1,3,5,7-8H2;1H/p-1. The van der Waals surface area contributed by atoms with E-state index in [2.05, 4.69) is 22.8 Å². The number of thiophene rings is 1. The summed E-state index contributed by atoms with van der Waals surface area (Å²) in [7, 11) is 0. The summed E-state index contributed by atoms with van der Waals surface area (Å²) >= 11 is 1.80. The van der Waals surface area contributed by atoms with Crippen molar-refractivity contribution in [1.29, 1.82) is 0 Å². The highest BCUT2D eigenvalue weighted by atomic mass is 35.5. The van der Waals surface area contributed by atoms with E-state index < -0.39 is 0 Å². The van der Waals surface area contributed by atoms with Crippen LogP contribution in [0.1, 0.15) is 17.7 Å². The van der Waals surface area contributed by atoms with Crippen LogP contribution in [0, 0.1) is 0 Å². The molecule has 80 valence electrons. The highest BCUT2D eigenvalue weighted by molar-refractivity contribution is 7.09. The highest BCUT2D eigenvalue weighted by Crippen LogP contribution is 2.11. The summed E-state index contributed by atoms with van der Waals surface area (Å²) < 4.78 is 5.51. The molecular weight excluding hydrogens is 218 g/mol. The molecule has 1 saturated heterocycles. The fraction of sp³-hybridized carbons (Fsp3) is 0.600. The Morgan fingerprint density at radius 2 is 2.50 bits per heavy atom. The van der Waals surface area contributed by atoms with E-state index in [0.717, 1.165) is 19.7 Å². The fourth-order valence-electron chi connectivity index (χ4n) is 1.57. The molecule has 1 atom stereocenters. The van der Waals surface area contributed by atoms with Crippen LogP contribution in [0.15, 0.2) is 17.5 Å². The van der Waals surface area contributed by atoms with Crippen molar-refractivity contribution in [2.24, 2.45) is 0 Å². The second-order valence-corrected chi connectivity index (χ2v) is 4.38. The van der Waals surface area contributed by atoms with Crippen molar-refractivity contribution in [3.63, 3.8) is 0 Å². The molecule has 2 nitrogen and oxygen atoms in total. The average molecular weight is 233 g/mol. The van der Waals surface area contributed by atoms with E-state index in [1.165, 1.54) is 17.7 Å². The maximum Gasteiger partial charge on any atom is 0.0700 e. The van der Waals surface area contributed by atoms with Gasteiger partial charge in [0.15, 0.2) is 0 Å². The first-order chi connectivity index (χ1) is 6.45. The summed E-state index contributed by atoms with van der Waals surface area (Å²) in [5, 5.41) is 5.53. The molecule has 14 heavy (non-hydrogen) atoms. The van der Waals surface area contributed by atoms with Crippen LogP contribution < -0.4 is 17.7 Å².